The van der Waals surface area contributed by atoms with Crippen LogP contribution in [0.4, 0.5) is 0 Å². The standard InChI is InChI=1S/C20H19N5O4/c1-12-5-6-13(19-23-17(29-24-19)7-8-18(26)27)10-14(12)22-20(28)15-11-21-16-4-2-3-9-25(15)16/h2-4,6,9-12H,5,7-8H2,1H3,(H,22,28)(H,26,27). The summed E-state index contributed by atoms with van der Waals surface area (Å²) in [6.45, 7) is 2.02. The van der Waals surface area contributed by atoms with Gasteiger partial charge in [0.1, 0.15) is 11.3 Å². The summed E-state index contributed by atoms with van der Waals surface area (Å²) < 4.78 is 6.86. The lowest BCUT2D eigenvalue weighted by Crippen LogP contribution is -2.28. The van der Waals surface area contributed by atoms with E-state index in [-0.39, 0.29) is 30.6 Å². The van der Waals surface area contributed by atoms with Crippen molar-refractivity contribution in [2.24, 2.45) is 5.92 Å². The topological polar surface area (TPSA) is 123 Å². The molecule has 0 aromatic carbocycles. The van der Waals surface area contributed by atoms with Gasteiger partial charge in [-0.1, -0.05) is 24.2 Å². The zero-order valence-corrected chi connectivity index (χ0v) is 15.7. The lowest BCUT2D eigenvalue weighted by Gasteiger charge is -2.20. The van der Waals surface area contributed by atoms with Crippen LogP contribution >= 0.6 is 0 Å². The lowest BCUT2D eigenvalue weighted by molar-refractivity contribution is -0.137. The maximum absolute atomic E-state index is 12.8. The van der Waals surface area contributed by atoms with E-state index < -0.39 is 5.97 Å². The number of carboxylic acids is 1. The molecule has 0 aliphatic heterocycles. The molecule has 1 aliphatic carbocycles. The van der Waals surface area contributed by atoms with Gasteiger partial charge in [-0.05, 0) is 30.5 Å². The van der Waals surface area contributed by atoms with Crippen molar-refractivity contribution in [3.63, 3.8) is 0 Å². The van der Waals surface area contributed by atoms with Crippen LogP contribution in [0, 0.1) is 5.92 Å². The Morgan fingerprint density at radius 2 is 2.24 bits per heavy atom. The summed E-state index contributed by atoms with van der Waals surface area (Å²) in [5, 5.41) is 15.7. The fourth-order valence-corrected chi connectivity index (χ4v) is 3.10. The molecule has 29 heavy (non-hydrogen) atoms. The van der Waals surface area contributed by atoms with E-state index in [1.807, 2.05) is 37.3 Å². The van der Waals surface area contributed by atoms with Gasteiger partial charge in [0.15, 0.2) is 0 Å². The molecule has 9 heteroatoms. The molecule has 0 fully saturated rings. The quantitative estimate of drug-likeness (QED) is 0.659. The number of nitrogens with zero attached hydrogens (tertiary/aromatic N) is 4. The molecule has 1 unspecified atom stereocenters. The number of nitrogens with one attached hydrogen (secondary N) is 1. The number of aryl methyl sites for hydroxylation is 1. The minimum Gasteiger partial charge on any atom is -0.481 e. The molecule has 4 rings (SSSR count). The smallest absolute Gasteiger partial charge is 0.303 e. The van der Waals surface area contributed by atoms with Gasteiger partial charge in [-0.3, -0.25) is 14.0 Å². The predicted molar refractivity (Wildman–Crippen MR) is 103 cm³/mol. The molecule has 148 valence electrons. The van der Waals surface area contributed by atoms with Crippen molar-refractivity contribution in [1.29, 1.82) is 0 Å². The average Bonchev–Trinajstić information content (AvgIpc) is 3.35. The van der Waals surface area contributed by atoms with Gasteiger partial charge < -0.3 is 14.9 Å². The van der Waals surface area contributed by atoms with Crippen molar-refractivity contribution in [1.82, 2.24) is 24.8 Å². The highest BCUT2D eigenvalue weighted by atomic mass is 16.5. The van der Waals surface area contributed by atoms with Crippen LogP contribution in [0.2, 0.25) is 0 Å². The highest BCUT2D eigenvalue weighted by Gasteiger charge is 2.21. The molecule has 3 heterocycles. The second-order valence-corrected chi connectivity index (χ2v) is 6.83. The van der Waals surface area contributed by atoms with Gasteiger partial charge in [0, 0.05) is 23.9 Å². The summed E-state index contributed by atoms with van der Waals surface area (Å²) in [6.07, 6.45) is 7.93. The number of pyridine rings is 1. The summed E-state index contributed by atoms with van der Waals surface area (Å²) in [7, 11) is 0. The van der Waals surface area contributed by atoms with Gasteiger partial charge >= 0.3 is 5.97 Å². The number of hydrogen-bond donors (Lipinski definition) is 2. The zero-order chi connectivity index (χ0) is 20.4. The van der Waals surface area contributed by atoms with Crippen LogP contribution in [0.15, 0.2) is 53.0 Å². The normalized spacial score (nSPS) is 16.4. The second kappa shape index (κ2) is 7.70. The molecule has 1 amide bonds. The summed E-state index contributed by atoms with van der Waals surface area (Å²) in [6, 6.07) is 5.54. The van der Waals surface area contributed by atoms with E-state index >= 15 is 0 Å². The molecule has 0 radical (unpaired) electrons. The van der Waals surface area contributed by atoms with Crippen molar-refractivity contribution in [2.45, 2.75) is 26.2 Å². The maximum Gasteiger partial charge on any atom is 0.303 e. The number of allylic oxidation sites excluding steroid dienone is 4. The Bertz CT molecular complexity index is 1140. The highest BCUT2D eigenvalue weighted by molar-refractivity contribution is 5.94. The van der Waals surface area contributed by atoms with Gasteiger partial charge in [-0.2, -0.15) is 4.98 Å². The first kappa shape index (κ1) is 18.6. The van der Waals surface area contributed by atoms with Crippen LogP contribution in [0.3, 0.4) is 0 Å². The lowest BCUT2D eigenvalue weighted by atomic mass is 9.94. The third-order valence-electron chi connectivity index (χ3n) is 4.72. The number of fused-ring (bicyclic) bond motifs is 1. The Labute approximate surface area is 165 Å². The molecule has 1 atom stereocenters. The number of aliphatic carboxylic acids is 1. The fraction of sp³-hybridized carbons (Fsp3) is 0.250. The molecule has 1 aliphatic rings. The van der Waals surface area contributed by atoms with Crippen LogP contribution in [0.25, 0.3) is 11.2 Å². The molecule has 0 spiro atoms. The second-order valence-electron chi connectivity index (χ2n) is 6.83. The molecular formula is C20H19N5O4. The number of rotatable bonds is 6. The number of carbonyl (C=O) groups is 2. The maximum atomic E-state index is 12.8. The Hall–Kier alpha value is -3.75. The summed E-state index contributed by atoms with van der Waals surface area (Å²) >= 11 is 0. The van der Waals surface area contributed by atoms with Crippen molar-refractivity contribution in [3.05, 3.63) is 65.9 Å². The minimum absolute atomic E-state index is 0.0752. The third-order valence-corrected chi connectivity index (χ3v) is 4.72. The average molecular weight is 393 g/mol. The van der Waals surface area contributed by atoms with E-state index in [9.17, 15) is 9.59 Å². The van der Waals surface area contributed by atoms with E-state index in [1.54, 1.807) is 16.8 Å². The van der Waals surface area contributed by atoms with Crippen LogP contribution < -0.4 is 5.32 Å². The number of carboxylic acid groups (broad SMARTS) is 1. The first-order chi connectivity index (χ1) is 14.0. The third kappa shape index (κ3) is 3.93. The van der Waals surface area contributed by atoms with Gasteiger partial charge in [0.25, 0.3) is 5.91 Å². The Kier molecular flexibility index (Phi) is 4.94. The fourth-order valence-electron chi connectivity index (χ4n) is 3.10. The largest absolute Gasteiger partial charge is 0.481 e. The van der Waals surface area contributed by atoms with Gasteiger partial charge in [-0.15, -0.1) is 0 Å². The van der Waals surface area contributed by atoms with Crippen molar-refractivity contribution in [2.75, 3.05) is 0 Å². The Morgan fingerprint density at radius 3 is 3.07 bits per heavy atom. The summed E-state index contributed by atoms with van der Waals surface area (Å²) in [4.78, 5) is 32.0. The van der Waals surface area contributed by atoms with Gasteiger partial charge in [-0.25, -0.2) is 4.98 Å². The zero-order valence-electron chi connectivity index (χ0n) is 15.7. The molecule has 3 aromatic heterocycles. The van der Waals surface area contributed by atoms with E-state index in [1.165, 1.54) is 0 Å². The van der Waals surface area contributed by atoms with Crippen molar-refractivity contribution < 1.29 is 19.2 Å². The monoisotopic (exact) mass is 393 g/mol. The SMILES string of the molecule is CC1CC=C(c2noc(CCC(=O)O)n2)C=C1NC(=O)c1cnc2ccccn12. The summed E-state index contributed by atoms with van der Waals surface area (Å²) in [5.74, 6) is -0.420. The van der Waals surface area contributed by atoms with Crippen LogP contribution in [0.5, 0.6) is 0 Å². The van der Waals surface area contributed by atoms with Crippen LogP contribution in [0.1, 0.15) is 42.0 Å². The van der Waals surface area contributed by atoms with E-state index in [0.717, 1.165) is 11.3 Å². The van der Waals surface area contributed by atoms with E-state index in [4.69, 9.17) is 9.63 Å². The predicted octanol–water partition coefficient (Wildman–Crippen LogP) is 2.47. The minimum atomic E-state index is -0.923. The number of carbonyl (C=O) groups excluding carboxylic acids is 1. The molecule has 0 saturated carbocycles. The highest BCUT2D eigenvalue weighted by Crippen LogP contribution is 2.27. The van der Waals surface area contributed by atoms with E-state index in [2.05, 4.69) is 20.4 Å². The van der Waals surface area contributed by atoms with E-state index in [0.29, 0.717) is 23.6 Å². The van der Waals surface area contributed by atoms with Gasteiger partial charge in [0.2, 0.25) is 11.7 Å². The van der Waals surface area contributed by atoms with Crippen molar-refractivity contribution >= 4 is 23.1 Å². The molecular weight excluding hydrogens is 374 g/mol. The summed E-state index contributed by atoms with van der Waals surface area (Å²) in [5.41, 5.74) is 2.61. The van der Waals surface area contributed by atoms with Crippen LogP contribution in [-0.2, 0) is 11.2 Å². The number of aromatic nitrogens is 4. The number of hydrogen-bond acceptors (Lipinski definition) is 6. The number of amides is 1. The van der Waals surface area contributed by atoms with Gasteiger partial charge in [0.05, 0.1) is 12.6 Å². The molecule has 0 saturated heterocycles. The molecule has 9 nitrogen and oxygen atoms in total. The molecule has 2 N–H and O–H groups in total. The van der Waals surface area contributed by atoms with Crippen LogP contribution in [-0.4, -0.2) is 36.5 Å². The number of imidazole rings is 1. The first-order valence-corrected chi connectivity index (χ1v) is 9.21. The molecule has 3 aromatic rings. The Balaban J connectivity index is 1.52. The molecule has 0 bridgehead atoms. The van der Waals surface area contributed by atoms with Crippen molar-refractivity contribution in [3.8, 4) is 0 Å². The first-order valence-electron chi connectivity index (χ1n) is 9.21. The Morgan fingerprint density at radius 1 is 1.38 bits per heavy atom.